The topological polar surface area (TPSA) is 81.8 Å². The van der Waals surface area contributed by atoms with Crippen molar-refractivity contribution in [2.75, 3.05) is 42.7 Å². The molecule has 1 aliphatic heterocycles. The predicted molar refractivity (Wildman–Crippen MR) is 130 cm³/mol. The zero-order valence-electron chi connectivity index (χ0n) is 18.7. The average Bonchev–Trinajstić information content (AvgIpc) is 3.26. The molecule has 0 radical (unpaired) electrons. The molecule has 3 amide bonds. The first kappa shape index (κ1) is 22.1. The van der Waals surface area contributed by atoms with Gasteiger partial charge >= 0.3 is 0 Å². The number of fused-ring (bicyclic) bond motifs is 1. The highest BCUT2D eigenvalue weighted by atomic mass is 16.2. The molecule has 0 saturated carbocycles. The first-order chi connectivity index (χ1) is 15.9. The largest absolute Gasteiger partial charge is 0.376 e. The van der Waals surface area contributed by atoms with Gasteiger partial charge in [-0.1, -0.05) is 30.3 Å². The van der Waals surface area contributed by atoms with E-state index in [0.717, 1.165) is 12.1 Å². The lowest BCUT2D eigenvalue weighted by molar-refractivity contribution is -0.114. The lowest BCUT2D eigenvalue weighted by Crippen LogP contribution is -2.29. The summed E-state index contributed by atoms with van der Waals surface area (Å²) in [6.45, 7) is 0.684. The summed E-state index contributed by atoms with van der Waals surface area (Å²) in [6, 6.07) is 21.9. The van der Waals surface area contributed by atoms with Gasteiger partial charge in [-0.05, 0) is 54.4 Å². The lowest BCUT2D eigenvalue weighted by atomic mass is 10.1. The van der Waals surface area contributed by atoms with Gasteiger partial charge in [-0.2, -0.15) is 0 Å². The predicted octanol–water partition coefficient (Wildman–Crippen LogP) is 3.64. The molecule has 33 heavy (non-hydrogen) atoms. The van der Waals surface area contributed by atoms with Crippen LogP contribution in [0, 0.1) is 0 Å². The van der Waals surface area contributed by atoms with Crippen LogP contribution in [0.5, 0.6) is 0 Å². The normalized spacial score (nSPS) is 12.1. The fourth-order valence-corrected chi connectivity index (χ4v) is 3.84. The lowest BCUT2D eigenvalue weighted by Gasteiger charge is -2.18. The molecule has 0 fully saturated rings. The van der Waals surface area contributed by atoms with Crippen molar-refractivity contribution in [1.82, 2.24) is 4.90 Å². The van der Waals surface area contributed by atoms with E-state index in [-0.39, 0.29) is 24.3 Å². The SMILES string of the molecule is CN(C)C(=O)c1cccc(NC(=O)CNc2cccc(C(=O)N3CCc4ccccc43)c2)c1. The summed E-state index contributed by atoms with van der Waals surface area (Å²) >= 11 is 0. The van der Waals surface area contributed by atoms with Gasteiger partial charge in [0.25, 0.3) is 11.8 Å². The van der Waals surface area contributed by atoms with Crippen molar-refractivity contribution < 1.29 is 14.4 Å². The summed E-state index contributed by atoms with van der Waals surface area (Å²) in [5.41, 5.74) is 4.42. The molecular formula is C26H26N4O3. The summed E-state index contributed by atoms with van der Waals surface area (Å²) in [5.74, 6) is -0.448. The van der Waals surface area contributed by atoms with Gasteiger partial charge in [-0.15, -0.1) is 0 Å². The van der Waals surface area contributed by atoms with Crippen LogP contribution in [0.2, 0.25) is 0 Å². The number of benzene rings is 3. The molecule has 0 spiro atoms. The van der Waals surface area contributed by atoms with Gasteiger partial charge in [0, 0.05) is 48.8 Å². The molecule has 0 aliphatic carbocycles. The zero-order chi connectivity index (χ0) is 23.4. The van der Waals surface area contributed by atoms with Gasteiger partial charge in [-0.3, -0.25) is 14.4 Å². The molecule has 4 rings (SSSR count). The van der Waals surface area contributed by atoms with Crippen LogP contribution in [-0.2, 0) is 11.2 Å². The van der Waals surface area contributed by atoms with Crippen LogP contribution in [0.3, 0.4) is 0 Å². The maximum atomic E-state index is 13.1. The molecule has 1 aliphatic rings. The highest BCUT2D eigenvalue weighted by molar-refractivity contribution is 6.07. The molecule has 168 valence electrons. The molecule has 3 aromatic carbocycles. The molecule has 2 N–H and O–H groups in total. The third-order valence-corrected chi connectivity index (χ3v) is 5.49. The van der Waals surface area contributed by atoms with Crippen molar-refractivity contribution in [3.05, 3.63) is 89.5 Å². The molecule has 0 bridgehead atoms. The number of carbonyl (C=O) groups excluding carboxylic acids is 3. The van der Waals surface area contributed by atoms with Crippen molar-refractivity contribution in [3.8, 4) is 0 Å². The van der Waals surface area contributed by atoms with Crippen molar-refractivity contribution in [2.45, 2.75) is 6.42 Å². The summed E-state index contributed by atoms with van der Waals surface area (Å²) in [4.78, 5) is 40.9. The standard InChI is InChI=1S/C26H26N4O3/c1-29(2)25(32)19-8-6-11-22(16-19)28-24(31)17-27-21-10-5-9-20(15-21)26(33)30-14-13-18-7-3-4-12-23(18)30/h3-12,15-16,27H,13-14,17H2,1-2H3,(H,28,31). The van der Waals surface area contributed by atoms with Crippen molar-refractivity contribution in [2.24, 2.45) is 0 Å². The number of carbonyl (C=O) groups is 3. The molecule has 1 heterocycles. The first-order valence-electron chi connectivity index (χ1n) is 10.8. The van der Waals surface area contributed by atoms with E-state index in [9.17, 15) is 14.4 Å². The van der Waals surface area contributed by atoms with E-state index in [1.54, 1.807) is 61.5 Å². The Morgan fingerprint density at radius 2 is 1.58 bits per heavy atom. The van der Waals surface area contributed by atoms with Crippen LogP contribution in [0.15, 0.2) is 72.8 Å². The Hall–Kier alpha value is -4.13. The Morgan fingerprint density at radius 3 is 2.36 bits per heavy atom. The molecular weight excluding hydrogens is 416 g/mol. The van der Waals surface area contributed by atoms with Gasteiger partial charge in [0.15, 0.2) is 0 Å². The van der Waals surface area contributed by atoms with Crippen molar-refractivity contribution in [3.63, 3.8) is 0 Å². The third kappa shape index (κ3) is 5.03. The maximum Gasteiger partial charge on any atom is 0.258 e. The monoisotopic (exact) mass is 442 g/mol. The Bertz CT molecular complexity index is 1210. The van der Waals surface area contributed by atoms with Gasteiger partial charge in [0.2, 0.25) is 5.91 Å². The average molecular weight is 443 g/mol. The summed E-state index contributed by atoms with van der Waals surface area (Å²) < 4.78 is 0. The van der Waals surface area contributed by atoms with Crippen LogP contribution in [0.1, 0.15) is 26.3 Å². The Balaban J connectivity index is 1.38. The van der Waals surface area contributed by atoms with Gasteiger partial charge < -0.3 is 20.4 Å². The van der Waals surface area contributed by atoms with E-state index in [1.165, 1.54) is 10.5 Å². The highest BCUT2D eigenvalue weighted by Crippen LogP contribution is 2.29. The number of hydrogen-bond acceptors (Lipinski definition) is 4. The number of amides is 3. The quantitative estimate of drug-likeness (QED) is 0.611. The van der Waals surface area contributed by atoms with Gasteiger partial charge in [-0.25, -0.2) is 0 Å². The van der Waals surface area contributed by atoms with E-state index in [4.69, 9.17) is 0 Å². The van der Waals surface area contributed by atoms with Crippen LogP contribution < -0.4 is 15.5 Å². The second kappa shape index (κ2) is 9.56. The fourth-order valence-electron chi connectivity index (χ4n) is 3.84. The molecule has 0 saturated heterocycles. The van der Waals surface area contributed by atoms with E-state index < -0.39 is 0 Å². The van der Waals surface area contributed by atoms with E-state index in [1.807, 2.05) is 30.3 Å². The molecule has 0 aromatic heterocycles. The van der Waals surface area contributed by atoms with E-state index >= 15 is 0 Å². The molecule has 3 aromatic rings. The minimum atomic E-state index is -0.255. The number of rotatable bonds is 6. The smallest absolute Gasteiger partial charge is 0.258 e. The number of nitrogens with one attached hydrogen (secondary N) is 2. The fraction of sp³-hybridized carbons (Fsp3) is 0.192. The van der Waals surface area contributed by atoms with Crippen LogP contribution in [0.25, 0.3) is 0 Å². The van der Waals surface area contributed by atoms with Crippen LogP contribution >= 0.6 is 0 Å². The summed E-state index contributed by atoms with van der Waals surface area (Å²) in [7, 11) is 3.36. The number of para-hydroxylation sites is 1. The second-order valence-corrected chi connectivity index (χ2v) is 8.10. The molecule has 7 heteroatoms. The maximum absolute atomic E-state index is 13.1. The molecule has 0 atom stereocenters. The Morgan fingerprint density at radius 1 is 0.879 bits per heavy atom. The molecule has 0 unspecified atom stereocenters. The summed E-state index contributed by atoms with van der Waals surface area (Å²) in [6.07, 6.45) is 0.849. The Labute approximate surface area is 193 Å². The van der Waals surface area contributed by atoms with E-state index in [2.05, 4.69) is 10.6 Å². The minimum Gasteiger partial charge on any atom is -0.376 e. The summed E-state index contributed by atoms with van der Waals surface area (Å²) in [5, 5.41) is 5.86. The van der Waals surface area contributed by atoms with E-state index in [0.29, 0.717) is 29.0 Å². The highest BCUT2D eigenvalue weighted by Gasteiger charge is 2.25. The number of nitrogens with zero attached hydrogens (tertiary/aromatic N) is 2. The second-order valence-electron chi connectivity index (χ2n) is 8.10. The zero-order valence-corrected chi connectivity index (χ0v) is 18.7. The van der Waals surface area contributed by atoms with Crippen LogP contribution in [-0.4, -0.2) is 49.8 Å². The van der Waals surface area contributed by atoms with Crippen LogP contribution in [0.4, 0.5) is 17.1 Å². The number of hydrogen-bond donors (Lipinski definition) is 2. The Kier molecular flexibility index (Phi) is 6.40. The minimum absolute atomic E-state index is 0.0239. The van der Waals surface area contributed by atoms with Crippen molar-refractivity contribution >= 4 is 34.8 Å². The van der Waals surface area contributed by atoms with Gasteiger partial charge in [0.1, 0.15) is 0 Å². The number of anilines is 3. The van der Waals surface area contributed by atoms with Crippen molar-refractivity contribution in [1.29, 1.82) is 0 Å². The third-order valence-electron chi connectivity index (χ3n) is 5.49. The van der Waals surface area contributed by atoms with Gasteiger partial charge in [0.05, 0.1) is 6.54 Å². The first-order valence-corrected chi connectivity index (χ1v) is 10.8. The molecule has 7 nitrogen and oxygen atoms in total.